The second kappa shape index (κ2) is 14.9. The molecule has 0 aromatic rings. The Hall–Kier alpha value is -2.42. The van der Waals surface area contributed by atoms with E-state index in [2.05, 4.69) is 67.3 Å². The van der Waals surface area contributed by atoms with Crippen LogP contribution < -0.4 is 5.32 Å². The summed E-state index contributed by atoms with van der Waals surface area (Å²) in [6.07, 6.45) is 9.67. The number of hydrogen-bond donors (Lipinski definition) is 2. The SMILES string of the molecule is [2H]C([2H])([2H])C(N1CCN(C(=O)[C@H]2C[C@@H](NC(=O)[C@]34CC[C@@H](C(=C)C)[C@@H]3[C@H]3CC[C@@H]5[C@@]6(C)CC[C@H](OC(=O)CC(C)(C)C(=O)O)C(C)(C)[C@@H]6CC[C@@]5(C)[C@]3(C)CC4)C2(C)C)CC1)C([2H])([2H])[2H]. The summed E-state index contributed by atoms with van der Waals surface area (Å²) in [6.45, 7) is 21.7. The molecule has 2 amide bonds. The van der Waals surface area contributed by atoms with Crippen LogP contribution in [0.1, 0.15) is 168 Å². The van der Waals surface area contributed by atoms with Crippen molar-refractivity contribution in [3.8, 4) is 0 Å². The highest BCUT2D eigenvalue weighted by Crippen LogP contribution is 2.77. The maximum atomic E-state index is 15.2. The molecule has 0 aromatic heterocycles. The number of carboxylic acids is 1. The molecule has 0 aromatic carbocycles. The summed E-state index contributed by atoms with van der Waals surface area (Å²) in [7, 11) is 0. The Bertz CT molecular complexity index is 1910. The molecule has 2 N–H and O–H groups in total. The number of aliphatic carboxylic acids is 1. The second-order valence-electron chi connectivity index (χ2n) is 23.4. The molecule has 1 heterocycles. The lowest BCUT2D eigenvalue weighted by Crippen LogP contribution is -2.68. The van der Waals surface area contributed by atoms with E-state index in [1.54, 1.807) is 18.7 Å². The number of allylic oxidation sites excluding steroid dienone is 1. The number of ether oxygens (including phenoxy) is 1. The Morgan fingerprint density at radius 1 is 0.847 bits per heavy atom. The van der Waals surface area contributed by atoms with Gasteiger partial charge in [0, 0.05) is 57.8 Å². The lowest BCUT2D eigenvalue weighted by molar-refractivity contribution is -0.249. The van der Waals surface area contributed by atoms with E-state index in [4.69, 9.17) is 13.0 Å². The van der Waals surface area contributed by atoms with Crippen molar-refractivity contribution in [2.45, 2.75) is 178 Å². The number of fused-ring (bicyclic) bond motifs is 7. The van der Waals surface area contributed by atoms with Gasteiger partial charge in [-0.15, -0.1) is 0 Å². The average Bonchev–Trinajstić information content (AvgIpc) is 3.58. The number of carbonyl (C=O) groups is 4. The van der Waals surface area contributed by atoms with Crippen LogP contribution in [-0.4, -0.2) is 83.0 Å². The predicted octanol–water partition coefficient (Wildman–Crippen LogP) is 9.14. The highest BCUT2D eigenvalue weighted by molar-refractivity contribution is 5.86. The van der Waals surface area contributed by atoms with E-state index in [9.17, 15) is 19.5 Å². The Labute approximate surface area is 365 Å². The van der Waals surface area contributed by atoms with Crippen molar-refractivity contribution in [3.63, 3.8) is 0 Å². The average molecular weight is 826 g/mol. The van der Waals surface area contributed by atoms with Gasteiger partial charge in [-0.05, 0) is 156 Å². The number of nitrogens with one attached hydrogen (secondary N) is 1. The molecular weight excluding hydrogens is 739 g/mol. The van der Waals surface area contributed by atoms with Gasteiger partial charge in [0.25, 0.3) is 0 Å². The third kappa shape index (κ3) is 6.76. The molecule has 0 unspecified atom stereocenters. The van der Waals surface area contributed by atoms with Gasteiger partial charge >= 0.3 is 11.9 Å². The largest absolute Gasteiger partial charge is 0.481 e. The Morgan fingerprint density at radius 3 is 2.14 bits per heavy atom. The van der Waals surface area contributed by atoms with E-state index in [0.717, 1.165) is 69.8 Å². The number of hydrogen-bond acceptors (Lipinski definition) is 6. The number of piperazine rings is 1. The molecule has 7 rings (SSSR count). The zero-order valence-electron chi connectivity index (χ0n) is 44.1. The zero-order valence-corrected chi connectivity index (χ0v) is 38.1. The molecule has 0 spiro atoms. The van der Waals surface area contributed by atoms with Gasteiger partial charge < -0.3 is 20.1 Å². The van der Waals surface area contributed by atoms with Gasteiger partial charge in [-0.25, -0.2) is 0 Å². The molecule has 59 heavy (non-hydrogen) atoms. The number of carboxylic acid groups (broad SMARTS) is 1. The van der Waals surface area contributed by atoms with Crippen molar-refractivity contribution in [1.29, 1.82) is 0 Å². The van der Waals surface area contributed by atoms with Crippen LogP contribution in [0.5, 0.6) is 0 Å². The molecule has 1 saturated heterocycles. The number of esters is 1. The fourth-order valence-corrected chi connectivity index (χ4v) is 15.7. The van der Waals surface area contributed by atoms with Crippen LogP contribution in [0.15, 0.2) is 12.2 Å². The smallest absolute Gasteiger partial charge is 0.309 e. The number of amides is 2. The van der Waals surface area contributed by atoms with Gasteiger partial charge in [-0.2, -0.15) is 0 Å². The van der Waals surface area contributed by atoms with Crippen molar-refractivity contribution in [2.75, 3.05) is 26.2 Å². The van der Waals surface area contributed by atoms with Crippen molar-refractivity contribution >= 4 is 23.8 Å². The minimum atomic E-state index is -2.67. The summed E-state index contributed by atoms with van der Waals surface area (Å²) in [4.78, 5) is 57.5. The maximum absolute atomic E-state index is 15.2. The van der Waals surface area contributed by atoms with Gasteiger partial charge in [0.15, 0.2) is 0 Å². The Kier molecular flexibility index (Phi) is 9.36. The van der Waals surface area contributed by atoms with Crippen LogP contribution in [0.3, 0.4) is 0 Å². The van der Waals surface area contributed by atoms with E-state index in [1.807, 2.05) is 0 Å². The minimum Gasteiger partial charge on any atom is -0.481 e. The summed E-state index contributed by atoms with van der Waals surface area (Å²) in [5, 5.41) is 13.2. The lowest BCUT2D eigenvalue weighted by atomic mass is 9.32. The first-order valence-corrected chi connectivity index (χ1v) is 23.1. The number of rotatable bonds is 9. The molecule has 7 aliphatic rings. The Morgan fingerprint density at radius 2 is 1.53 bits per heavy atom. The van der Waals surface area contributed by atoms with Gasteiger partial charge in [-0.3, -0.25) is 24.1 Å². The molecule has 9 heteroatoms. The van der Waals surface area contributed by atoms with E-state index >= 15 is 4.79 Å². The molecule has 9 nitrogen and oxygen atoms in total. The van der Waals surface area contributed by atoms with Gasteiger partial charge in [0.1, 0.15) is 6.10 Å². The second-order valence-corrected chi connectivity index (χ2v) is 23.4. The van der Waals surface area contributed by atoms with E-state index in [-0.39, 0.29) is 96.0 Å². The first-order chi connectivity index (χ1) is 29.7. The molecular formula is C50H81N3O6. The van der Waals surface area contributed by atoms with Crippen LogP contribution in [0, 0.1) is 73.4 Å². The molecule has 12 atom stereocenters. The third-order valence-electron chi connectivity index (χ3n) is 19.8. The van der Waals surface area contributed by atoms with Crippen LogP contribution in [0.4, 0.5) is 0 Å². The first-order valence-electron chi connectivity index (χ1n) is 26.1. The molecule has 0 radical (unpaired) electrons. The number of carbonyl (C=O) groups excluding carboxylic acids is 3. The van der Waals surface area contributed by atoms with Crippen LogP contribution in [0.25, 0.3) is 0 Å². The molecule has 0 bridgehead atoms. The summed E-state index contributed by atoms with van der Waals surface area (Å²) in [5.41, 5.74) is -1.21. The van der Waals surface area contributed by atoms with Crippen molar-refractivity contribution in [1.82, 2.24) is 15.1 Å². The normalized spacial score (nSPS) is 44.6. The predicted molar refractivity (Wildman–Crippen MR) is 232 cm³/mol. The molecule has 7 fully saturated rings. The van der Waals surface area contributed by atoms with Crippen molar-refractivity contribution in [3.05, 3.63) is 12.2 Å². The minimum absolute atomic E-state index is 0.0104. The lowest BCUT2D eigenvalue weighted by Gasteiger charge is -2.73. The van der Waals surface area contributed by atoms with Crippen molar-refractivity contribution < 1.29 is 37.2 Å². The quantitative estimate of drug-likeness (QED) is 0.176. The highest BCUT2D eigenvalue weighted by Gasteiger charge is 2.72. The monoisotopic (exact) mass is 826 g/mol. The Balaban J connectivity index is 1.05. The molecule has 6 aliphatic carbocycles. The van der Waals surface area contributed by atoms with E-state index < -0.39 is 47.9 Å². The summed E-state index contributed by atoms with van der Waals surface area (Å²) in [5.74, 6) is -0.0283. The van der Waals surface area contributed by atoms with Gasteiger partial charge in [0.2, 0.25) is 11.8 Å². The molecule has 332 valence electrons. The summed E-state index contributed by atoms with van der Waals surface area (Å²) in [6, 6.07) is -1.74. The van der Waals surface area contributed by atoms with Crippen LogP contribution in [0.2, 0.25) is 0 Å². The first kappa shape index (κ1) is 37.2. The van der Waals surface area contributed by atoms with Gasteiger partial charge in [0.05, 0.1) is 17.3 Å². The fourth-order valence-electron chi connectivity index (χ4n) is 15.7. The van der Waals surface area contributed by atoms with E-state index in [0.29, 0.717) is 24.2 Å². The maximum Gasteiger partial charge on any atom is 0.309 e. The van der Waals surface area contributed by atoms with Crippen LogP contribution in [-0.2, 0) is 23.9 Å². The molecule has 6 saturated carbocycles. The molecule has 1 aliphatic heterocycles. The number of nitrogens with zero attached hydrogens (tertiary/aromatic N) is 2. The zero-order chi connectivity index (χ0) is 48.5. The highest BCUT2D eigenvalue weighted by atomic mass is 16.5. The summed E-state index contributed by atoms with van der Waals surface area (Å²) < 4.78 is 53.5. The third-order valence-corrected chi connectivity index (χ3v) is 19.8. The standard InChI is InChI=1S/C50H81N3O6/c1-30(2)32-16-21-50(42(56)51-37-28-34(45(37,7)8)41(55)53-26-24-52(25-27-53)31(3)4)23-22-48(12)33(40(32)50)14-15-36-47(11)19-18-38(59-39(54)29-44(5,6)43(57)58)46(9,10)35(47)17-20-49(36,48)13/h31-38,40H,1,14-29H2,2-13H3,(H,51,56)(H,57,58)/t32-,33+,34+,35-,36+,37+,38-,40+,47-,48+,49+,50-/m0/s1/i3D3,4D3. The summed E-state index contributed by atoms with van der Waals surface area (Å²) >= 11 is 0. The van der Waals surface area contributed by atoms with Crippen molar-refractivity contribution in [2.24, 2.45) is 73.4 Å². The fraction of sp³-hybridized carbons (Fsp3) is 0.880. The topological polar surface area (TPSA) is 116 Å². The van der Waals surface area contributed by atoms with Crippen LogP contribution >= 0.6 is 0 Å². The van der Waals surface area contributed by atoms with Gasteiger partial charge in [-0.1, -0.05) is 60.6 Å². The van der Waals surface area contributed by atoms with E-state index in [1.165, 1.54) is 4.90 Å².